The molecule has 130 valence electrons. The van der Waals surface area contributed by atoms with Gasteiger partial charge in [-0.15, -0.1) is 0 Å². The van der Waals surface area contributed by atoms with Crippen LogP contribution in [0.3, 0.4) is 0 Å². The van der Waals surface area contributed by atoms with Crippen molar-refractivity contribution in [3.8, 4) is 11.5 Å². The molecule has 1 aromatic carbocycles. The van der Waals surface area contributed by atoms with Crippen molar-refractivity contribution in [2.24, 2.45) is 5.10 Å². The Labute approximate surface area is 151 Å². The molecule has 0 aliphatic heterocycles. The van der Waals surface area contributed by atoms with Gasteiger partial charge in [-0.05, 0) is 37.2 Å². The Morgan fingerprint density at radius 3 is 2.62 bits per heavy atom. The average Bonchev–Trinajstić information content (AvgIpc) is 2.95. The quantitative estimate of drug-likeness (QED) is 0.581. The molecule has 0 amide bonds. The molecule has 0 aliphatic rings. The molecule has 0 spiro atoms. The number of halogens is 1. The third-order valence-electron chi connectivity index (χ3n) is 3.85. The SMILES string of the molecule is CCC(CC)c1n[nH]c(=S)n1/N=C\c1ccc(OC)c(OC)c1Cl. The van der Waals surface area contributed by atoms with Crippen molar-refractivity contribution in [3.63, 3.8) is 0 Å². The van der Waals surface area contributed by atoms with Crippen molar-refractivity contribution in [3.05, 3.63) is 33.3 Å². The lowest BCUT2D eigenvalue weighted by molar-refractivity contribution is 0.355. The van der Waals surface area contributed by atoms with Crippen LogP contribution in [0.1, 0.15) is 44.0 Å². The van der Waals surface area contributed by atoms with Crippen molar-refractivity contribution in [2.45, 2.75) is 32.6 Å². The van der Waals surface area contributed by atoms with E-state index in [1.807, 2.05) is 6.07 Å². The largest absolute Gasteiger partial charge is 0.493 e. The summed E-state index contributed by atoms with van der Waals surface area (Å²) in [5, 5.41) is 12.0. The van der Waals surface area contributed by atoms with Gasteiger partial charge in [-0.3, -0.25) is 5.10 Å². The summed E-state index contributed by atoms with van der Waals surface area (Å²) in [6.45, 7) is 4.23. The van der Waals surface area contributed by atoms with Gasteiger partial charge < -0.3 is 9.47 Å². The highest BCUT2D eigenvalue weighted by atomic mass is 35.5. The van der Waals surface area contributed by atoms with Crippen LogP contribution in [-0.4, -0.2) is 35.3 Å². The first-order chi connectivity index (χ1) is 11.6. The Balaban J connectivity index is 2.43. The highest BCUT2D eigenvalue weighted by Gasteiger charge is 2.16. The number of nitrogens with zero attached hydrogens (tertiary/aromatic N) is 3. The number of H-pyrrole nitrogens is 1. The maximum absolute atomic E-state index is 6.37. The lowest BCUT2D eigenvalue weighted by Gasteiger charge is -2.11. The number of aromatic nitrogens is 3. The smallest absolute Gasteiger partial charge is 0.216 e. The van der Waals surface area contributed by atoms with Crippen molar-refractivity contribution in [1.82, 2.24) is 14.9 Å². The predicted molar refractivity (Wildman–Crippen MR) is 98.3 cm³/mol. The molecular formula is C16H21ClN4O2S. The number of aromatic amines is 1. The first kappa shape index (κ1) is 18.5. The van der Waals surface area contributed by atoms with E-state index in [1.54, 1.807) is 31.2 Å². The lowest BCUT2D eigenvalue weighted by Crippen LogP contribution is -2.05. The minimum atomic E-state index is 0.288. The summed E-state index contributed by atoms with van der Waals surface area (Å²) in [4.78, 5) is 0. The van der Waals surface area contributed by atoms with Crippen LogP contribution in [0.15, 0.2) is 17.2 Å². The third kappa shape index (κ3) is 3.62. The molecule has 6 nitrogen and oxygen atoms in total. The first-order valence-electron chi connectivity index (χ1n) is 7.69. The van der Waals surface area contributed by atoms with Gasteiger partial charge >= 0.3 is 0 Å². The Morgan fingerprint density at radius 2 is 2.04 bits per heavy atom. The van der Waals surface area contributed by atoms with Crippen LogP contribution in [-0.2, 0) is 0 Å². The Morgan fingerprint density at radius 1 is 1.33 bits per heavy atom. The van der Waals surface area contributed by atoms with E-state index >= 15 is 0 Å². The second-order valence-corrected chi connectivity index (χ2v) is 5.93. The summed E-state index contributed by atoms with van der Waals surface area (Å²) in [7, 11) is 3.11. The molecule has 0 atom stereocenters. The second kappa shape index (κ2) is 8.30. The predicted octanol–water partition coefficient (Wildman–Crippen LogP) is 4.40. The first-order valence-corrected chi connectivity index (χ1v) is 8.48. The molecule has 0 aliphatic carbocycles. The van der Waals surface area contributed by atoms with Gasteiger partial charge in [0.2, 0.25) is 4.77 Å². The molecule has 0 saturated carbocycles. The molecule has 1 aromatic heterocycles. The topological polar surface area (TPSA) is 64.4 Å². The summed E-state index contributed by atoms with van der Waals surface area (Å²) in [5.41, 5.74) is 0.702. The summed E-state index contributed by atoms with van der Waals surface area (Å²) >= 11 is 11.7. The van der Waals surface area contributed by atoms with E-state index in [9.17, 15) is 0 Å². The van der Waals surface area contributed by atoms with Gasteiger partial charge in [0.1, 0.15) is 0 Å². The zero-order valence-corrected chi connectivity index (χ0v) is 15.7. The van der Waals surface area contributed by atoms with E-state index in [2.05, 4.69) is 29.1 Å². The minimum absolute atomic E-state index is 0.288. The molecule has 2 rings (SSSR count). The molecule has 1 N–H and O–H groups in total. The fraction of sp³-hybridized carbons (Fsp3) is 0.438. The monoisotopic (exact) mass is 368 g/mol. The molecule has 24 heavy (non-hydrogen) atoms. The van der Waals surface area contributed by atoms with Gasteiger partial charge in [0.05, 0.1) is 25.5 Å². The van der Waals surface area contributed by atoms with Gasteiger partial charge in [0.15, 0.2) is 17.3 Å². The van der Waals surface area contributed by atoms with E-state index in [4.69, 9.17) is 33.3 Å². The van der Waals surface area contributed by atoms with E-state index in [0.717, 1.165) is 18.7 Å². The highest BCUT2D eigenvalue weighted by molar-refractivity contribution is 7.71. The number of nitrogens with one attached hydrogen (secondary N) is 1. The van der Waals surface area contributed by atoms with Crippen molar-refractivity contribution in [1.29, 1.82) is 0 Å². The molecule has 0 saturated heterocycles. The van der Waals surface area contributed by atoms with Crippen LogP contribution in [0.4, 0.5) is 0 Å². The van der Waals surface area contributed by atoms with Gasteiger partial charge in [0.25, 0.3) is 0 Å². The zero-order valence-electron chi connectivity index (χ0n) is 14.2. The highest BCUT2D eigenvalue weighted by Crippen LogP contribution is 2.36. The molecule has 0 fully saturated rings. The Kier molecular flexibility index (Phi) is 6.39. The Bertz CT molecular complexity index is 781. The van der Waals surface area contributed by atoms with Crippen LogP contribution >= 0.6 is 23.8 Å². The number of benzene rings is 1. The summed E-state index contributed by atoms with van der Waals surface area (Å²) < 4.78 is 12.6. The zero-order chi connectivity index (χ0) is 17.7. The van der Waals surface area contributed by atoms with E-state index in [1.165, 1.54) is 0 Å². The van der Waals surface area contributed by atoms with Crippen LogP contribution < -0.4 is 9.47 Å². The maximum Gasteiger partial charge on any atom is 0.216 e. The van der Waals surface area contributed by atoms with E-state index < -0.39 is 0 Å². The molecular weight excluding hydrogens is 348 g/mol. The fourth-order valence-electron chi connectivity index (χ4n) is 2.46. The lowest BCUT2D eigenvalue weighted by atomic mass is 10.0. The van der Waals surface area contributed by atoms with Gasteiger partial charge in [-0.25, -0.2) is 0 Å². The number of methoxy groups -OCH3 is 2. The van der Waals surface area contributed by atoms with E-state index in [0.29, 0.717) is 26.9 Å². The van der Waals surface area contributed by atoms with Crippen molar-refractivity contribution >= 4 is 30.0 Å². The number of hydrogen-bond donors (Lipinski definition) is 1. The van der Waals surface area contributed by atoms with Gasteiger partial charge in [0, 0.05) is 11.5 Å². The minimum Gasteiger partial charge on any atom is -0.493 e. The molecule has 8 heteroatoms. The van der Waals surface area contributed by atoms with E-state index in [-0.39, 0.29) is 5.92 Å². The Hall–Kier alpha value is -1.86. The normalized spacial score (nSPS) is 11.4. The standard InChI is InChI=1S/C16H21ClN4O2S/c1-5-10(6-2)15-19-20-16(24)21(15)18-9-11-7-8-12(22-3)14(23-4)13(11)17/h7-10H,5-6H2,1-4H3,(H,20,24)/b18-9-. The number of rotatable bonds is 7. The molecule has 2 aromatic rings. The maximum atomic E-state index is 6.37. The van der Waals surface area contributed by atoms with Crippen LogP contribution in [0.2, 0.25) is 5.02 Å². The molecule has 1 heterocycles. The number of ether oxygens (including phenoxy) is 2. The van der Waals surface area contributed by atoms with Crippen molar-refractivity contribution in [2.75, 3.05) is 14.2 Å². The fourth-order valence-corrected chi connectivity index (χ4v) is 2.93. The summed E-state index contributed by atoms with van der Waals surface area (Å²) in [6.07, 6.45) is 3.56. The van der Waals surface area contributed by atoms with Crippen LogP contribution in [0, 0.1) is 4.77 Å². The molecule has 0 radical (unpaired) electrons. The third-order valence-corrected chi connectivity index (χ3v) is 4.51. The van der Waals surface area contributed by atoms with Crippen LogP contribution in [0.5, 0.6) is 11.5 Å². The van der Waals surface area contributed by atoms with Gasteiger partial charge in [-0.2, -0.15) is 14.9 Å². The van der Waals surface area contributed by atoms with Crippen LogP contribution in [0.25, 0.3) is 0 Å². The molecule has 0 unspecified atom stereocenters. The number of hydrogen-bond acceptors (Lipinski definition) is 5. The van der Waals surface area contributed by atoms with Gasteiger partial charge in [-0.1, -0.05) is 25.4 Å². The summed E-state index contributed by atoms with van der Waals surface area (Å²) in [6, 6.07) is 3.59. The second-order valence-electron chi connectivity index (χ2n) is 5.16. The summed E-state index contributed by atoms with van der Waals surface area (Å²) in [5.74, 6) is 2.14. The average molecular weight is 369 g/mol. The molecule has 0 bridgehead atoms. The van der Waals surface area contributed by atoms with Crippen molar-refractivity contribution < 1.29 is 9.47 Å².